The van der Waals surface area contributed by atoms with E-state index >= 15 is 0 Å². The molecule has 1 aromatic heterocycles. The molecule has 8 nitrogen and oxygen atoms in total. The largest absolute Gasteiger partial charge is 0.452 e. The molecule has 1 heterocycles. The number of aryl methyl sites for hydroxylation is 1. The van der Waals surface area contributed by atoms with E-state index in [9.17, 15) is 14.4 Å². The first-order chi connectivity index (χ1) is 13.8. The van der Waals surface area contributed by atoms with Crippen LogP contribution in [0.2, 0.25) is 10.0 Å². The van der Waals surface area contributed by atoms with Crippen molar-refractivity contribution in [2.45, 2.75) is 26.0 Å². The van der Waals surface area contributed by atoms with Gasteiger partial charge in [-0.1, -0.05) is 40.5 Å². The Kier molecular flexibility index (Phi) is 6.46. The molecule has 0 radical (unpaired) electrons. The van der Waals surface area contributed by atoms with Gasteiger partial charge in [0.25, 0.3) is 11.5 Å². The SMILES string of the molecule is CC(OC(=O)CCn1nnc2ccccc2c1=O)C(=O)Nc1ccc(Cl)cc1Cl. The van der Waals surface area contributed by atoms with Crippen molar-refractivity contribution in [3.63, 3.8) is 0 Å². The van der Waals surface area contributed by atoms with Crippen molar-refractivity contribution in [2.24, 2.45) is 0 Å². The van der Waals surface area contributed by atoms with Crippen molar-refractivity contribution in [3.05, 3.63) is 62.9 Å². The van der Waals surface area contributed by atoms with Gasteiger partial charge in [-0.2, -0.15) is 0 Å². The minimum Gasteiger partial charge on any atom is -0.452 e. The Morgan fingerprint density at radius 2 is 1.97 bits per heavy atom. The normalized spacial score (nSPS) is 11.8. The highest BCUT2D eigenvalue weighted by Gasteiger charge is 2.19. The van der Waals surface area contributed by atoms with Gasteiger partial charge in [-0.05, 0) is 37.3 Å². The van der Waals surface area contributed by atoms with Gasteiger partial charge < -0.3 is 10.1 Å². The summed E-state index contributed by atoms with van der Waals surface area (Å²) in [5.41, 5.74) is 0.469. The summed E-state index contributed by atoms with van der Waals surface area (Å²) < 4.78 is 6.20. The van der Waals surface area contributed by atoms with E-state index in [4.69, 9.17) is 27.9 Å². The number of aromatic nitrogens is 3. The van der Waals surface area contributed by atoms with Crippen LogP contribution in [0.3, 0.4) is 0 Å². The Labute approximate surface area is 175 Å². The summed E-state index contributed by atoms with van der Waals surface area (Å²) in [5, 5.41) is 11.4. The first-order valence-electron chi connectivity index (χ1n) is 8.63. The molecule has 0 saturated carbocycles. The van der Waals surface area contributed by atoms with Crippen molar-refractivity contribution in [1.82, 2.24) is 15.0 Å². The number of carbonyl (C=O) groups excluding carboxylic acids is 2. The first-order valence-corrected chi connectivity index (χ1v) is 9.38. The zero-order chi connectivity index (χ0) is 21.0. The van der Waals surface area contributed by atoms with Gasteiger partial charge >= 0.3 is 5.97 Å². The van der Waals surface area contributed by atoms with Gasteiger partial charge in [-0.15, -0.1) is 5.10 Å². The summed E-state index contributed by atoms with van der Waals surface area (Å²) in [6.45, 7) is 1.41. The van der Waals surface area contributed by atoms with Crippen LogP contribution in [0.25, 0.3) is 10.9 Å². The van der Waals surface area contributed by atoms with Gasteiger partial charge in [0.2, 0.25) is 0 Å². The van der Waals surface area contributed by atoms with Crippen molar-refractivity contribution in [1.29, 1.82) is 0 Å². The van der Waals surface area contributed by atoms with E-state index in [-0.39, 0.29) is 23.5 Å². The average molecular weight is 435 g/mol. The van der Waals surface area contributed by atoms with Crippen LogP contribution in [0.5, 0.6) is 0 Å². The molecular formula is C19H16Cl2N4O4. The lowest BCUT2D eigenvalue weighted by Crippen LogP contribution is -2.31. The molecule has 1 amide bonds. The molecule has 2 aromatic carbocycles. The number of benzene rings is 2. The number of esters is 1. The molecule has 29 heavy (non-hydrogen) atoms. The zero-order valence-corrected chi connectivity index (χ0v) is 16.8. The number of hydrogen-bond donors (Lipinski definition) is 1. The summed E-state index contributed by atoms with van der Waals surface area (Å²) in [7, 11) is 0. The molecule has 150 valence electrons. The van der Waals surface area contributed by atoms with Crippen LogP contribution in [-0.4, -0.2) is 33.0 Å². The Hall–Kier alpha value is -2.97. The van der Waals surface area contributed by atoms with Crippen LogP contribution >= 0.6 is 23.2 Å². The Morgan fingerprint density at radius 3 is 2.72 bits per heavy atom. The first kappa shape index (κ1) is 20.8. The minimum atomic E-state index is -1.06. The van der Waals surface area contributed by atoms with E-state index in [1.807, 2.05) is 0 Å². The molecule has 1 N–H and O–H groups in total. The van der Waals surface area contributed by atoms with E-state index in [0.717, 1.165) is 4.68 Å². The Balaban J connectivity index is 1.57. The minimum absolute atomic E-state index is 0.0210. The predicted octanol–water partition coefficient (Wildman–Crippen LogP) is 3.06. The quantitative estimate of drug-likeness (QED) is 0.597. The maximum Gasteiger partial charge on any atom is 0.308 e. The maximum atomic E-state index is 12.4. The summed E-state index contributed by atoms with van der Waals surface area (Å²) in [5.74, 6) is -1.21. The van der Waals surface area contributed by atoms with Crippen LogP contribution in [0.1, 0.15) is 13.3 Å². The lowest BCUT2D eigenvalue weighted by atomic mass is 10.2. The summed E-state index contributed by atoms with van der Waals surface area (Å²) >= 11 is 11.8. The molecule has 0 fully saturated rings. The number of fused-ring (bicyclic) bond motifs is 1. The Morgan fingerprint density at radius 1 is 1.21 bits per heavy atom. The van der Waals surface area contributed by atoms with E-state index in [2.05, 4.69) is 15.6 Å². The van der Waals surface area contributed by atoms with Crippen LogP contribution in [0.15, 0.2) is 47.3 Å². The summed E-state index contributed by atoms with van der Waals surface area (Å²) in [6.07, 6.45) is -1.21. The number of hydrogen-bond acceptors (Lipinski definition) is 6. The molecule has 0 bridgehead atoms. The van der Waals surface area contributed by atoms with Crippen molar-refractivity contribution in [2.75, 3.05) is 5.32 Å². The number of amides is 1. The van der Waals surface area contributed by atoms with Crippen LogP contribution in [0.4, 0.5) is 5.69 Å². The molecular weight excluding hydrogens is 419 g/mol. The average Bonchev–Trinajstić information content (AvgIpc) is 2.69. The number of anilines is 1. The standard InChI is InChI=1S/C19H16Cl2N4O4/c1-11(18(27)22-16-7-6-12(20)10-14(16)21)29-17(26)8-9-25-19(28)13-4-2-3-5-15(13)23-24-25/h2-7,10-11H,8-9H2,1H3,(H,22,27). The smallest absolute Gasteiger partial charge is 0.308 e. The van der Waals surface area contributed by atoms with Gasteiger partial charge in [0.05, 0.1) is 29.1 Å². The van der Waals surface area contributed by atoms with Crippen LogP contribution in [0, 0.1) is 0 Å². The highest BCUT2D eigenvalue weighted by atomic mass is 35.5. The van der Waals surface area contributed by atoms with Gasteiger partial charge in [-0.3, -0.25) is 14.4 Å². The number of ether oxygens (including phenoxy) is 1. The second kappa shape index (κ2) is 9.02. The fourth-order valence-corrected chi connectivity index (χ4v) is 2.96. The molecule has 3 aromatic rings. The number of carbonyl (C=O) groups is 2. The third-order valence-electron chi connectivity index (χ3n) is 4.02. The second-order valence-corrected chi connectivity index (χ2v) is 6.97. The van der Waals surface area contributed by atoms with E-state index in [1.165, 1.54) is 13.0 Å². The monoisotopic (exact) mass is 434 g/mol. The van der Waals surface area contributed by atoms with Gasteiger partial charge in [0.15, 0.2) is 6.10 Å². The maximum absolute atomic E-state index is 12.4. The molecule has 1 atom stereocenters. The summed E-state index contributed by atoms with van der Waals surface area (Å²) in [4.78, 5) is 36.6. The number of nitrogens with one attached hydrogen (secondary N) is 1. The zero-order valence-electron chi connectivity index (χ0n) is 15.3. The van der Waals surface area contributed by atoms with Gasteiger partial charge in [0.1, 0.15) is 5.52 Å². The lowest BCUT2D eigenvalue weighted by Gasteiger charge is -2.14. The van der Waals surface area contributed by atoms with E-state index in [0.29, 0.717) is 21.6 Å². The molecule has 0 aliphatic rings. The number of rotatable bonds is 6. The van der Waals surface area contributed by atoms with Gasteiger partial charge in [-0.25, -0.2) is 4.68 Å². The molecule has 0 spiro atoms. The van der Waals surface area contributed by atoms with Crippen molar-refractivity contribution < 1.29 is 14.3 Å². The third-order valence-corrected chi connectivity index (χ3v) is 4.57. The molecule has 0 saturated heterocycles. The second-order valence-electron chi connectivity index (χ2n) is 6.13. The van der Waals surface area contributed by atoms with Gasteiger partial charge in [0, 0.05) is 5.02 Å². The molecule has 0 aliphatic heterocycles. The molecule has 3 rings (SSSR count). The van der Waals surface area contributed by atoms with E-state index in [1.54, 1.807) is 36.4 Å². The lowest BCUT2D eigenvalue weighted by molar-refractivity contribution is -0.153. The Bertz CT molecular complexity index is 1130. The topological polar surface area (TPSA) is 103 Å². The number of halogens is 2. The molecule has 10 heteroatoms. The molecule has 0 aliphatic carbocycles. The van der Waals surface area contributed by atoms with E-state index < -0.39 is 18.0 Å². The summed E-state index contributed by atoms with van der Waals surface area (Å²) in [6, 6.07) is 11.4. The number of nitrogens with zero attached hydrogens (tertiary/aromatic N) is 3. The van der Waals surface area contributed by atoms with Crippen molar-refractivity contribution in [3.8, 4) is 0 Å². The fraction of sp³-hybridized carbons (Fsp3) is 0.211. The fourth-order valence-electron chi connectivity index (χ4n) is 2.50. The highest BCUT2D eigenvalue weighted by molar-refractivity contribution is 6.36. The van der Waals surface area contributed by atoms with Crippen molar-refractivity contribution >= 4 is 51.7 Å². The predicted molar refractivity (Wildman–Crippen MR) is 109 cm³/mol. The highest BCUT2D eigenvalue weighted by Crippen LogP contribution is 2.25. The van der Waals surface area contributed by atoms with Crippen LogP contribution < -0.4 is 10.9 Å². The third kappa shape index (κ3) is 5.10. The molecule has 1 unspecified atom stereocenters. The van der Waals surface area contributed by atoms with Crippen LogP contribution in [-0.2, 0) is 20.9 Å².